The number of thiazole rings is 1. The van der Waals surface area contributed by atoms with Gasteiger partial charge in [0, 0.05) is 44.8 Å². The van der Waals surface area contributed by atoms with Crippen molar-refractivity contribution in [1.29, 1.82) is 0 Å². The van der Waals surface area contributed by atoms with Crippen LogP contribution in [-0.2, 0) is 18.8 Å². The van der Waals surface area contributed by atoms with Crippen LogP contribution < -0.4 is 10.6 Å². The number of aryl methyl sites for hydroxylation is 1. The molecule has 2 aromatic carbocycles. The molecule has 2 N–H and O–H groups in total. The maximum atomic E-state index is 15.0. The van der Waals surface area contributed by atoms with E-state index in [0.29, 0.717) is 65.9 Å². The molecule has 6 aromatic rings. The number of nitrogens with zero attached hydrogens (tertiary/aromatic N) is 9. The average Bonchev–Trinajstić information content (AvgIpc) is 3.93. The van der Waals surface area contributed by atoms with Gasteiger partial charge in [-0.1, -0.05) is 19.1 Å². The van der Waals surface area contributed by atoms with E-state index in [1.165, 1.54) is 52.7 Å². The highest BCUT2D eigenvalue weighted by molar-refractivity contribution is 7.15. The van der Waals surface area contributed by atoms with Gasteiger partial charge in [-0.25, -0.2) is 28.7 Å². The smallest absolute Gasteiger partial charge is 0.368 e. The largest absolute Gasteiger partial charge is 0.419 e. The molecule has 22 heteroatoms. The van der Waals surface area contributed by atoms with Crippen LogP contribution in [0, 0.1) is 30.4 Å². The maximum absolute atomic E-state index is 15.0. The number of piperidine rings is 2. The molecule has 2 aliphatic rings. The molecule has 2 fully saturated rings. The molecule has 67 heavy (non-hydrogen) atoms. The van der Waals surface area contributed by atoms with Crippen molar-refractivity contribution in [2.45, 2.75) is 70.4 Å². The van der Waals surface area contributed by atoms with Crippen LogP contribution in [0.2, 0.25) is 0 Å². The number of aromatic nitrogens is 7. The van der Waals surface area contributed by atoms with Crippen molar-refractivity contribution >= 4 is 34.9 Å². The highest BCUT2D eigenvalue weighted by Crippen LogP contribution is 2.36. The number of pyridine rings is 1. The Kier molecular flexibility index (Phi) is 13.5. The molecule has 0 bridgehead atoms. The van der Waals surface area contributed by atoms with Gasteiger partial charge in [-0.15, -0.1) is 11.3 Å². The second-order valence-electron chi connectivity index (χ2n) is 16.5. The Balaban J connectivity index is 1.04. The predicted octanol–water partition coefficient (Wildman–Crippen LogP) is 9.13. The summed E-state index contributed by atoms with van der Waals surface area (Å²) >= 11 is 1.28. The van der Waals surface area contributed by atoms with Crippen molar-refractivity contribution in [2.24, 2.45) is 11.8 Å². The van der Waals surface area contributed by atoms with E-state index in [1.807, 2.05) is 6.92 Å². The molecule has 4 atom stereocenters. The number of hydrogen-bond acceptors (Lipinski definition) is 11. The Morgan fingerprint density at radius 2 is 1.42 bits per heavy atom. The summed E-state index contributed by atoms with van der Waals surface area (Å²) in [5.41, 5.74) is -0.508. The van der Waals surface area contributed by atoms with E-state index in [-0.39, 0.29) is 60.1 Å². The number of benzene rings is 2. The maximum Gasteiger partial charge on any atom is 0.419 e. The first-order valence-electron chi connectivity index (χ1n) is 21.4. The van der Waals surface area contributed by atoms with E-state index in [1.54, 1.807) is 28.9 Å². The zero-order valence-electron chi connectivity index (χ0n) is 36.0. The minimum absolute atomic E-state index is 0.0162. The van der Waals surface area contributed by atoms with Crippen LogP contribution in [0.25, 0.3) is 16.1 Å². The van der Waals surface area contributed by atoms with Crippen molar-refractivity contribution in [1.82, 2.24) is 44.7 Å². The van der Waals surface area contributed by atoms with Crippen LogP contribution >= 0.6 is 11.3 Å². The number of halogens is 8. The van der Waals surface area contributed by atoms with Gasteiger partial charge in [-0.2, -0.15) is 41.3 Å². The summed E-state index contributed by atoms with van der Waals surface area (Å²) in [6.45, 7) is 4.56. The lowest BCUT2D eigenvalue weighted by atomic mass is 9.85. The molecule has 3 unspecified atom stereocenters. The highest BCUT2D eigenvalue weighted by atomic mass is 32.1. The number of likely N-dealkylation sites (tertiary alicyclic amines) is 2. The predicted molar refractivity (Wildman–Crippen MR) is 231 cm³/mol. The van der Waals surface area contributed by atoms with Crippen LogP contribution in [0.4, 0.5) is 46.9 Å². The molecule has 0 aliphatic carbocycles. The summed E-state index contributed by atoms with van der Waals surface area (Å²) in [7, 11) is 0. The summed E-state index contributed by atoms with van der Waals surface area (Å²) in [5.74, 6) is -2.25. The summed E-state index contributed by atoms with van der Waals surface area (Å²) in [6, 6.07) is 10.5. The number of rotatable bonds is 12. The first kappa shape index (κ1) is 46.9. The van der Waals surface area contributed by atoms with Crippen LogP contribution in [0.15, 0.2) is 79.4 Å². The van der Waals surface area contributed by atoms with Crippen LogP contribution in [0.5, 0.6) is 0 Å². The molecule has 4 aromatic heterocycles. The number of carbonyl (C=O) groups excluding carboxylic acids is 2. The highest BCUT2D eigenvalue weighted by Gasteiger charge is 2.39. The van der Waals surface area contributed by atoms with Crippen molar-refractivity contribution in [3.8, 4) is 16.1 Å². The number of anilines is 2. The zero-order chi connectivity index (χ0) is 47.6. The molecule has 0 radical (unpaired) electrons. The second-order valence-corrected chi connectivity index (χ2v) is 17.8. The van der Waals surface area contributed by atoms with Crippen LogP contribution in [0.1, 0.15) is 75.3 Å². The SMILES string of the molecule is Cc1nc(C(=O)N2CCC[C@H](Cc3cnn(-c4ccc(F)cc4C(=O)N4CCCC(C)C4CNc4ccc(C(F)(F)F)cn4)n3)C2CNc2ncc(C(F)(F)F)cn2)c(-c2ccc(F)cc2)s1. The summed E-state index contributed by atoms with van der Waals surface area (Å²) in [6.07, 6.45) is -2.76. The van der Waals surface area contributed by atoms with Gasteiger partial charge in [0.15, 0.2) is 0 Å². The fourth-order valence-corrected chi connectivity index (χ4v) is 9.56. The third kappa shape index (κ3) is 10.7. The molecular formula is C45H43F8N11O2S. The van der Waals surface area contributed by atoms with Crippen molar-refractivity contribution in [3.05, 3.63) is 124 Å². The van der Waals surface area contributed by atoms with E-state index in [4.69, 9.17) is 5.10 Å². The Morgan fingerprint density at radius 3 is 2.10 bits per heavy atom. The molecule has 2 aliphatic heterocycles. The lowest BCUT2D eigenvalue weighted by Crippen LogP contribution is -2.52. The van der Waals surface area contributed by atoms with Gasteiger partial charge < -0.3 is 20.4 Å². The molecule has 0 saturated carbocycles. The zero-order valence-corrected chi connectivity index (χ0v) is 36.8. The molecule has 352 valence electrons. The molecule has 13 nitrogen and oxygen atoms in total. The normalized spacial score (nSPS) is 19.1. The molecule has 2 saturated heterocycles. The molecule has 0 spiro atoms. The van der Waals surface area contributed by atoms with Crippen LogP contribution in [-0.4, -0.2) is 94.8 Å². The monoisotopic (exact) mass is 953 g/mol. The summed E-state index contributed by atoms with van der Waals surface area (Å²) in [5, 5.41) is 15.9. The quantitative estimate of drug-likeness (QED) is 0.114. The molecular weight excluding hydrogens is 911 g/mol. The minimum atomic E-state index is -4.64. The second kappa shape index (κ2) is 19.3. The van der Waals surface area contributed by atoms with Gasteiger partial charge in [-0.05, 0) is 98.9 Å². The molecule has 6 heterocycles. The first-order chi connectivity index (χ1) is 31.9. The third-order valence-corrected chi connectivity index (χ3v) is 13.1. The summed E-state index contributed by atoms with van der Waals surface area (Å²) < 4.78 is 108. The third-order valence-electron chi connectivity index (χ3n) is 12.0. The number of hydrogen-bond donors (Lipinski definition) is 2. The standard InChI is InChI=1S/C45H43F8N11O2S/c1-25-5-3-15-62(36(25)23-55-38-14-9-29(19-54-38)44(48,49)50)41(65)34-18-32(47)12-13-35(34)64-59-22-33(61-64)17-28-6-4-16-63(37(28)24-58-43-56-20-30(21-57-43)45(51,52)53)42(66)39-40(67-26(2)60-39)27-7-10-31(46)11-8-27/h7-14,18-22,25,28,36-37H,3-6,15-17,23-24H2,1-2H3,(H,54,55)(H,56,57,58)/t25?,28-,36?,37?/m1/s1. The van der Waals surface area contributed by atoms with Crippen molar-refractivity contribution < 1.29 is 44.7 Å². The number of alkyl halides is 6. The number of amides is 2. The van der Waals surface area contributed by atoms with Crippen LogP contribution in [0.3, 0.4) is 0 Å². The Hall–Kier alpha value is -6.58. The summed E-state index contributed by atoms with van der Waals surface area (Å²) in [4.78, 5) is 50.3. The van der Waals surface area contributed by atoms with Gasteiger partial charge >= 0.3 is 12.4 Å². The van der Waals surface area contributed by atoms with E-state index in [9.17, 15) is 40.3 Å². The fourth-order valence-electron chi connectivity index (χ4n) is 8.64. The van der Waals surface area contributed by atoms with E-state index >= 15 is 4.39 Å². The topological polar surface area (TPSA) is 147 Å². The fraction of sp³-hybridized carbons (Fsp3) is 0.378. The van der Waals surface area contributed by atoms with Gasteiger partial charge in [0.25, 0.3) is 11.8 Å². The van der Waals surface area contributed by atoms with Gasteiger partial charge in [0.2, 0.25) is 5.95 Å². The van der Waals surface area contributed by atoms with E-state index in [0.717, 1.165) is 24.8 Å². The number of carbonyl (C=O) groups is 2. The minimum Gasteiger partial charge on any atom is -0.368 e. The Bertz CT molecular complexity index is 2690. The van der Waals surface area contributed by atoms with Crippen molar-refractivity contribution in [3.63, 3.8) is 0 Å². The van der Waals surface area contributed by atoms with Crippen molar-refractivity contribution in [2.75, 3.05) is 36.8 Å². The Labute approximate surface area is 382 Å². The Morgan fingerprint density at radius 1 is 0.761 bits per heavy atom. The van der Waals surface area contributed by atoms with Gasteiger partial charge in [-0.3, -0.25) is 9.59 Å². The average molecular weight is 954 g/mol. The number of nitrogens with one attached hydrogen (secondary N) is 2. The van der Waals surface area contributed by atoms with Gasteiger partial charge in [0.1, 0.15) is 23.1 Å². The first-order valence-corrected chi connectivity index (χ1v) is 22.2. The lowest BCUT2D eigenvalue weighted by molar-refractivity contribution is -0.138. The van der Waals surface area contributed by atoms with Gasteiger partial charge in [0.05, 0.1) is 56.2 Å². The lowest BCUT2D eigenvalue weighted by Gasteiger charge is -2.41. The van der Waals surface area contributed by atoms with E-state index < -0.39 is 59.0 Å². The molecule has 8 rings (SSSR count). The molecule has 2 amide bonds. The van der Waals surface area contributed by atoms with E-state index in [2.05, 4.69) is 35.7 Å².